The van der Waals surface area contributed by atoms with Gasteiger partial charge >= 0.3 is 5.97 Å². The number of carbonyl (C=O) groups is 2. The predicted octanol–water partition coefficient (Wildman–Crippen LogP) is 1.50. The molecule has 2 rings (SSSR count). The molecule has 0 saturated carbocycles. The topological polar surface area (TPSA) is 78.9 Å². The Bertz CT molecular complexity index is 575. The van der Waals surface area contributed by atoms with E-state index in [0.29, 0.717) is 25.1 Å². The Morgan fingerprint density at radius 3 is 2.78 bits per heavy atom. The highest BCUT2D eigenvalue weighted by molar-refractivity contribution is 5.89. The van der Waals surface area contributed by atoms with Gasteiger partial charge in [-0.25, -0.2) is 4.79 Å². The Morgan fingerprint density at radius 2 is 2.13 bits per heavy atom. The van der Waals surface area contributed by atoms with Gasteiger partial charge in [-0.05, 0) is 31.0 Å². The molecule has 0 radical (unpaired) electrons. The molecule has 1 atom stereocenters. The largest absolute Gasteiger partial charge is 0.478 e. The Labute approximate surface area is 136 Å². The molecule has 6 heteroatoms. The Balaban J connectivity index is 2.26. The number of carbonyl (C=O) groups excluding carboxylic acids is 1. The molecule has 126 valence electrons. The summed E-state index contributed by atoms with van der Waals surface area (Å²) in [6.07, 6.45) is 2.19. The van der Waals surface area contributed by atoms with Crippen LogP contribution in [-0.2, 0) is 16.1 Å². The van der Waals surface area contributed by atoms with Crippen LogP contribution in [0.1, 0.15) is 35.2 Å². The highest BCUT2D eigenvalue weighted by Gasteiger charge is 2.42. The number of hydrogen-bond donors (Lipinski definition) is 2. The van der Waals surface area contributed by atoms with Gasteiger partial charge in [-0.15, -0.1) is 0 Å². The lowest BCUT2D eigenvalue weighted by molar-refractivity contribution is -0.124. The van der Waals surface area contributed by atoms with Crippen LogP contribution in [0.4, 0.5) is 0 Å². The van der Waals surface area contributed by atoms with Crippen LogP contribution in [0.15, 0.2) is 24.3 Å². The van der Waals surface area contributed by atoms with Crippen LogP contribution in [0.25, 0.3) is 0 Å². The summed E-state index contributed by atoms with van der Waals surface area (Å²) in [5.74, 6) is -0.955. The van der Waals surface area contributed by atoms with Gasteiger partial charge in [-0.3, -0.25) is 9.69 Å². The van der Waals surface area contributed by atoms with Crippen molar-refractivity contribution < 1.29 is 19.4 Å². The van der Waals surface area contributed by atoms with E-state index in [1.807, 2.05) is 12.1 Å². The Morgan fingerprint density at radius 1 is 1.39 bits per heavy atom. The molecule has 2 N–H and O–H groups in total. The van der Waals surface area contributed by atoms with E-state index in [1.165, 1.54) is 0 Å². The first-order valence-corrected chi connectivity index (χ1v) is 7.78. The van der Waals surface area contributed by atoms with Crippen molar-refractivity contribution in [2.75, 3.05) is 27.3 Å². The minimum atomic E-state index is -0.927. The zero-order valence-electron chi connectivity index (χ0n) is 13.7. The van der Waals surface area contributed by atoms with E-state index in [4.69, 9.17) is 4.74 Å². The predicted molar refractivity (Wildman–Crippen MR) is 86.3 cm³/mol. The number of hydrogen-bond acceptors (Lipinski definition) is 4. The van der Waals surface area contributed by atoms with E-state index >= 15 is 0 Å². The molecule has 1 aromatic rings. The quantitative estimate of drug-likeness (QED) is 0.796. The fourth-order valence-corrected chi connectivity index (χ4v) is 3.38. The number of likely N-dealkylation sites (tertiary alicyclic amines) is 1. The lowest BCUT2D eigenvalue weighted by Gasteiger charge is -2.38. The van der Waals surface area contributed by atoms with Crippen LogP contribution >= 0.6 is 0 Å². The van der Waals surface area contributed by atoms with E-state index in [-0.39, 0.29) is 11.4 Å². The number of carboxylic acid groups (broad SMARTS) is 1. The van der Waals surface area contributed by atoms with Crippen LogP contribution in [0.5, 0.6) is 0 Å². The van der Waals surface area contributed by atoms with E-state index in [1.54, 1.807) is 26.3 Å². The molecule has 1 aliphatic rings. The van der Waals surface area contributed by atoms with Gasteiger partial charge < -0.3 is 15.2 Å². The fraction of sp³-hybridized carbons (Fsp3) is 0.529. The van der Waals surface area contributed by atoms with Crippen LogP contribution in [0.2, 0.25) is 0 Å². The highest BCUT2D eigenvalue weighted by Crippen LogP contribution is 2.34. The van der Waals surface area contributed by atoms with Crippen molar-refractivity contribution in [2.24, 2.45) is 0 Å². The fourth-order valence-electron chi connectivity index (χ4n) is 3.38. The second-order valence-electron chi connectivity index (χ2n) is 5.99. The third-order valence-electron chi connectivity index (χ3n) is 4.53. The summed E-state index contributed by atoms with van der Waals surface area (Å²) in [5, 5.41) is 12.0. The van der Waals surface area contributed by atoms with E-state index in [9.17, 15) is 14.7 Å². The zero-order valence-corrected chi connectivity index (χ0v) is 13.7. The molecular formula is C17H24N2O4. The molecule has 0 bridgehead atoms. The lowest BCUT2D eigenvalue weighted by Crippen LogP contribution is -2.50. The summed E-state index contributed by atoms with van der Waals surface area (Å²) in [7, 11) is 3.26. The average molecular weight is 320 g/mol. The summed E-state index contributed by atoms with van der Waals surface area (Å²) in [5.41, 5.74) is 0.699. The molecule has 0 aliphatic carbocycles. The van der Waals surface area contributed by atoms with Gasteiger partial charge in [0.1, 0.15) is 0 Å². The van der Waals surface area contributed by atoms with Crippen LogP contribution < -0.4 is 5.32 Å². The second-order valence-corrected chi connectivity index (χ2v) is 5.99. The summed E-state index contributed by atoms with van der Waals surface area (Å²) in [6, 6.07) is 7.02. The monoisotopic (exact) mass is 320 g/mol. The number of ether oxygens (including phenoxy) is 1. The molecule has 1 fully saturated rings. The van der Waals surface area contributed by atoms with Gasteiger partial charge in [0.2, 0.25) is 5.91 Å². The number of rotatable bonds is 7. The maximum atomic E-state index is 11.9. The molecule has 1 amide bonds. The highest BCUT2D eigenvalue weighted by atomic mass is 16.5. The molecule has 6 nitrogen and oxygen atoms in total. The molecule has 1 aromatic carbocycles. The minimum Gasteiger partial charge on any atom is -0.478 e. The van der Waals surface area contributed by atoms with Gasteiger partial charge in [0.15, 0.2) is 0 Å². The number of methoxy groups -OCH3 is 1. The molecular weight excluding hydrogens is 296 g/mol. The molecule has 0 aromatic heterocycles. The first-order chi connectivity index (χ1) is 11.0. The first kappa shape index (κ1) is 17.4. The van der Waals surface area contributed by atoms with E-state index in [0.717, 1.165) is 24.9 Å². The normalized spacial score (nSPS) is 21.3. The Hall–Kier alpha value is -1.92. The molecule has 0 spiro atoms. The molecule has 1 saturated heterocycles. The SMILES string of the molecule is CNC(=O)CC1(COC)CCCN1Cc1ccccc1C(=O)O. The van der Waals surface area contributed by atoms with Crippen LogP contribution in [0, 0.1) is 0 Å². The van der Waals surface area contributed by atoms with Crippen molar-refractivity contribution in [1.29, 1.82) is 0 Å². The number of aromatic carboxylic acids is 1. The van der Waals surface area contributed by atoms with Crippen molar-refractivity contribution in [3.8, 4) is 0 Å². The number of carboxylic acids is 1. The van der Waals surface area contributed by atoms with Crippen LogP contribution in [-0.4, -0.2) is 54.7 Å². The van der Waals surface area contributed by atoms with Gasteiger partial charge in [0, 0.05) is 27.1 Å². The van der Waals surface area contributed by atoms with Crippen molar-refractivity contribution in [1.82, 2.24) is 10.2 Å². The summed E-state index contributed by atoms with van der Waals surface area (Å²) >= 11 is 0. The van der Waals surface area contributed by atoms with Crippen LogP contribution in [0.3, 0.4) is 0 Å². The van der Waals surface area contributed by atoms with Crippen molar-refractivity contribution >= 4 is 11.9 Å². The third-order valence-corrected chi connectivity index (χ3v) is 4.53. The first-order valence-electron chi connectivity index (χ1n) is 7.78. The van der Waals surface area contributed by atoms with Crippen molar-refractivity contribution in [3.63, 3.8) is 0 Å². The van der Waals surface area contributed by atoms with E-state index < -0.39 is 5.97 Å². The third kappa shape index (κ3) is 3.89. The van der Waals surface area contributed by atoms with Gasteiger partial charge in [-0.2, -0.15) is 0 Å². The molecule has 1 unspecified atom stereocenters. The van der Waals surface area contributed by atoms with Gasteiger partial charge in [-0.1, -0.05) is 18.2 Å². The van der Waals surface area contributed by atoms with E-state index in [2.05, 4.69) is 10.2 Å². The molecule has 23 heavy (non-hydrogen) atoms. The van der Waals surface area contributed by atoms with Crippen molar-refractivity contribution in [2.45, 2.75) is 31.3 Å². The zero-order chi connectivity index (χ0) is 16.9. The number of nitrogens with zero attached hydrogens (tertiary/aromatic N) is 1. The van der Waals surface area contributed by atoms with Gasteiger partial charge in [0.25, 0.3) is 0 Å². The number of nitrogens with one attached hydrogen (secondary N) is 1. The summed E-state index contributed by atoms with van der Waals surface area (Å²) < 4.78 is 5.38. The molecule has 1 aliphatic heterocycles. The Kier molecular flexibility index (Phi) is 5.74. The van der Waals surface area contributed by atoms with Crippen molar-refractivity contribution in [3.05, 3.63) is 35.4 Å². The maximum Gasteiger partial charge on any atom is 0.336 e. The maximum absolute atomic E-state index is 11.9. The molecule has 1 heterocycles. The summed E-state index contributed by atoms with van der Waals surface area (Å²) in [6.45, 7) is 1.78. The second kappa shape index (κ2) is 7.57. The number of amides is 1. The van der Waals surface area contributed by atoms with Gasteiger partial charge in [0.05, 0.1) is 17.7 Å². The minimum absolute atomic E-state index is 0.0273. The number of benzene rings is 1. The average Bonchev–Trinajstić information content (AvgIpc) is 2.90. The lowest BCUT2D eigenvalue weighted by atomic mass is 9.91. The standard InChI is InChI=1S/C17H24N2O4/c1-18-15(20)10-17(12-23-2)8-5-9-19(17)11-13-6-3-4-7-14(13)16(21)22/h3-4,6-7H,5,8-12H2,1-2H3,(H,18,20)(H,21,22). The smallest absolute Gasteiger partial charge is 0.336 e. The summed E-state index contributed by atoms with van der Waals surface area (Å²) in [4.78, 5) is 25.5.